The third-order valence-electron chi connectivity index (χ3n) is 3.83. The van der Waals surface area contributed by atoms with Crippen molar-refractivity contribution >= 4 is 23.2 Å². The predicted molar refractivity (Wildman–Crippen MR) is 96.2 cm³/mol. The molecule has 0 saturated carbocycles. The number of thiophene rings is 1. The van der Waals surface area contributed by atoms with Gasteiger partial charge in [-0.2, -0.15) is 0 Å². The molecule has 0 bridgehead atoms. The fourth-order valence-corrected chi connectivity index (χ4v) is 3.83. The second-order valence-electron chi connectivity index (χ2n) is 6.21. The molecule has 0 fully saturated rings. The number of nitrogens with one attached hydrogen (secondary N) is 1. The average molecular weight is 348 g/mol. The maximum absolute atomic E-state index is 12.6. The summed E-state index contributed by atoms with van der Waals surface area (Å²) < 4.78 is 7.30. The number of nitrogens with zero attached hydrogens (tertiary/aromatic N) is 1. The maximum Gasteiger partial charge on any atom is 0.341 e. The van der Waals surface area contributed by atoms with Crippen LogP contribution in [0.2, 0.25) is 0 Å². The summed E-state index contributed by atoms with van der Waals surface area (Å²) in [7, 11) is 0. The molecule has 2 rings (SSSR count). The van der Waals surface area contributed by atoms with Gasteiger partial charge in [-0.3, -0.25) is 4.79 Å². The summed E-state index contributed by atoms with van der Waals surface area (Å²) in [6.07, 6.45) is 0. The van der Waals surface area contributed by atoms with Crippen molar-refractivity contribution in [1.82, 2.24) is 9.88 Å². The van der Waals surface area contributed by atoms with E-state index in [4.69, 9.17) is 4.74 Å². The lowest BCUT2D eigenvalue weighted by Gasteiger charge is -2.12. The van der Waals surface area contributed by atoms with Crippen LogP contribution in [0.3, 0.4) is 0 Å². The summed E-state index contributed by atoms with van der Waals surface area (Å²) in [4.78, 5) is 25.4. The summed E-state index contributed by atoms with van der Waals surface area (Å²) in [5, 5.41) is 3.56. The second-order valence-corrected chi connectivity index (χ2v) is 7.42. The van der Waals surface area contributed by atoms with Crippen LogP contribution in [0.1, 0.15) is 46.0 Å². The first-order valence-electron chi connectivity index (χ1n) is 7.94. The molecule has 0 aliphatic heterocycles. The van der Waals surface area contributed by atoms with E-state index in [9.17, 15) is 9.59 Å². The number of esters is 1. The molecule has 2 aromatic rings. The lowest BCUT2D eigenvalue weighted by Crippen LogP contribution is -2.34. The first kappa shape index (κ1) is 18.3. The fourth-order valence-electron chi connectivity index (χ4n) is 2.56. The largest absolute Gasteiger partial charge is 0.452 e. The van der Waals surface area contributed by atoms with Crippen LogP contribution in [0.5, 0.6) is 0 Å². The van der Waals surface area contributed by atoms with Gasteiger partial charge in [-0.15, -0.1) is 11.3 Å². The van der Waals surface area contributed by atoms with E-state index in [1.807, 2.05) is 53.7 Å². The molecule has 1 N–H and O–H groups in total. The van der Waals surface area contributed by atoms with Crippen LogP contribution in [0, 0.1) is 27.7 Å². The van der Waals surface area contributed by atoms with Crippen molar-refractivity contribution < 1.29 is 14.3 Å². The van der Waals surface area contributed by atoms with E-state index in [2.05, 4.69) is 9.88 Å². The van der Waals surface area contributed by atoms with Crippen molar-refractivity contribution in [1.29, 1.82) is 0 Å². The van der Waals surface area contributed by atoms with E-state index in [1.165, 1.54) is 0 Å². The van der Waals surface area contributed by atoms with Gasteiger partial charge in [-0.1, -0.05) is 0 Å². The molecule has 0 aromatic carbocycles. The Hall–Kier alpha value is -2.08. The Kier molecular flexibility index (Phi) is 5.49. The van der Waals surface area contributed by atoms with Gasteiger partial charge in [0.1, 0.15) is 5.00 Å². The summed E-state index contributed by atoms with van der Waals surface area (Å²) in [6.45, 7) is 11.4. The number of ether oxygens (including phenoxy) is 1. The van der Waals surface area contributed by atoms with E-state index < -0.39 is 5.97 Å². The molecule has 5 nitrogen and oxygen atoms in total. The van der Waals surface area contributed by atoms with Crippen molar-refractivity contribution in [2.24, 2.45) is 0 Å². The van der Waals surface area contributed by atoms with E-state index in [0.717, 1.165) is 26.8 Å². The minimum absolute atomic E-state index is 0.0158. The van der Waals surface area contributed by atoms with E-state index >= 15 is 0 Å². The summed E-state index contributed by atoms with van der Waals surface area (Å²) in [5.41, 5.74) is 3.55. The SMILES string of the molecule is Cc1sc(-n2c(C)ccc2C)c(C(=O)OCC(=O)NC(C)C)c1C. The van der Waals surface area contributed by atoms with E-state index in [-0.39, 0.29) is 18.6 Å². The van der Waals surface area contributed by atoms with Gasteiger partial charge in [0.25, 0.3) is 5.91 Å². The third-order valence-corrected chi connectivity index (χ3v) is 5.02. The minimum Gasteiger partial charge on any atom is -0.452 e. The van der Waals surface area contributed by atoms with Crippen LogP contribution in [0.15, 0.2) is 12.1 Å². The Morgan fingerprint density at radius 2 is 1.75 bits per heavy atom. The monoisotopic (exact) mass is 348 g/mol. The topological polar surface area (TPSA) is 60.3 Å². The Morgan fingerprint density at radius 3 is 2.29 bits per heavy atom. The van der Waals surface area contributed by atoms with Crippen LogP contribution in [-0.4, -0.2) is 29.1 Å². The van der Waals surface area contributed by atoms with Gasteiger partial charge in [-0.05, 0) is 59.2 Å². The molecule has 0 aliphatic rings. The summed E-state index contributed by atoms with van der Waals surface area (Å²) in [5.74, 6) is -0.754. The summed E-state index contributed by atoms with van der Waals surface area (Å²) in [6, 6.07) is 4.05. The molecule has 24 heavy (non-hydrogen) atoms. The van der Waals surface area contributed by atoms with Gasteiger partial charge in [-0.25, -0.2) is 4.79 Å². The highest BCUT2D eigenvalue weighted by Crippen LogP contribution is 2.33. The number of rotatable bonds is 5. The van der Waals surface area contributed by atoms with Gasteiger partial charge in [0.2, 0.25) is 0 Å². The number of carbonyl (C=O) groups is 2. The molecular weight excluding hydrogens is 324 g/mol. The van der Waals surface area contributed by atoms with Crippen LogP contribution < -0.4 is 5.32 Å². The fraction of sp³-hybridized carbons (Fsp3) is 0.444. The van der Waals surface area contributed by atoms with Crippen molar-refractivity contribution in [3.05, 3.63) is 39.5 Å². The molecule has 0 atom stereocenters. The lowest BCUT2D eigenvalue weighted by atomic mass is 10.1. The normalized spacial score (nSPS) is 11.0. The van der Waals surface area contributed by atoms with Crippen molar-refractivity contribution in [3.63, 3.8) is 0 Å². The molecule has 130 valence electrons. The minimum atomic E-state index is -0.460. The number of amides is 1. The first-order chi connectivity index (χ1) is 11.2. The molecule has 6 heteroatoms. The van der Waals surface area contributed by atoms with Gasteiger partial charge >= 0.3 is 5.97 Å². The number of aryl methyl sites for hydroxylation is 3. The van der Waals surface area contributed by atoms with Crippen molar-refractivity contribution in [2.45, 2.75) is 47.6 Å². The first-order valence-corrected chi connectivity index (χ1v) is 8.75. The van der Waals surface area contributed by atoms with Crippen LogP contribution >= 0.6 is 11.3 Å². The molecular formula is C18H24N2O3S. The third kappa shape index (κ3) is 3.70. The Bertz CT molecular complexity index is 752. The standard InChI is InChI=1S/C18H24N2O3S/c1-10(2)19-15(21)9-23-18(22)16-13(5)14(6)24-17(16)20-11(3)7-8-12(20)4/h7-8,10H,9H2,1-6H3,(H,19,21). The van der Waals surface area contributed by atoms with Gasteiger partial charge in [0, 0.05) is 22.3 Å². The number of hydrogen-bond acceptors (Lipinski definition) is 4. The zero-order valence-electron chi connectivity index (χ0n) is 15.0. The maximum atomic E-state index is 12.6. The Morgan fingerprint density at radius 1 is 1.17 bits per heavy atom. The lowest BCUT2D eigenvalue weighted by molar-refractivity contribution is -0.124. The van der Waals surface area contributed by atoms with Gasteiger partial charge in [0.15, 0.2) is 6.61 Å². The highest BCUT2D eigenvalue weighted by atomic mass is 32.1. The predicted octanol–water partition coefficient (Wildman–Crippen LogP) is 3.45. The molecule has 2 aromatic heterocycles. The Labute approximate surface area is 146 Å². The van der Waals surface area contributed by atoms with Crippen molar-refractivity contribution in [2.75, 3.05) is 6.61 Å². The van der Waals surface area contributed by atoms with Crippen LogP contribution in [-0.2, 0) is 9.53 Å². The molecule has 0 spiro atoms. The molecule has 1 amide bonds. The zero-order chi connectivity index (χ0) is 18.0. The number of aromatic nitrogens is 1. The van der Waals surface area contributed by atoms with Crippen LogP contribution in [0.25, 0.3) is 5.00 Å². The van der Waals surface area contributed by atoms with Gasteiger partial charge in [0.05, 0.1) is 5.56 Å². The Balaban J connectivity index is 2.30. The molecule has 0 saturated heterocycles. The summed E-state index contributed by atoms with van der Waals surface area (Å²) >= 11 is 1.56. The molecule has 0 radical (unpaired) electrons. The second kappa shape index (κ2) is 7.21. The highest BCUT2D eigenvalue weighted by molar-refractivity contribution is 7.15. The quantitative estimate of drug-likeness (QED) is 0.842. The molecule has 0 aliphatic carbocycles. The average Bonchev–Trinajstić information content (AvgIpc) is 2.96. The van der Waals surface area contributed by atoms with E-state index in [0.29, 0.717) is 5.56 Å². The molecule has 2 heterocycles. The number of carbonyl (C=O) groups excluding carboxylic acids is 2. The van der Waals surface area contributed by atoms with Gasteiger partial charge < -0.3 is 14.6 Å². The smallest absolute Gasteiger partial charge is 0.341 e. The van der Waals surface area contributed by atoms with E-state index in [1.54, 1.807) is 11.3 Å². The number of hydrogen-bond donors (Lipinski definition) is 1. The molecule has 0 unspecified atom stereocenters. The van der Waals surface area contributed by atoms with Crippen LogP contribution in [0.4, 0.5) is 0 Å². The highest BCUT2D eigenvalue weighted by Gasteiger charge is 2.24. The zero-order valence-corrected chi connectivity index (χ0v) is 15.8. The van der Waals surface area contributed by atoms with Crippen molar-refractivity contribution in [3.8, 4) is 5.00 Å².